The minimum Gasteiger partial charge on any atom is -0.354 e. The zero-order chi connectivity index (χ0) is 20.2. The van der Waals surface area contributed by atoms with Crippen molar-refractivity contribution in [2.45, 2.75) is 38.3 Å². The highest BCUT2D eigenvalue weighted by molar-refractivity contribution is 7.13. The average molecular weight is 410 g/mol. The predicted molar refractivity (Wildman–Crippen MR) is 111 cm³/mol. The Bertz CT molecular complexity index is 1050. The minimum atomic E-state index is -0.206. The van der Waals surface area contributed by atoms with E-state index in [0.717, 1.165) is 17.7 Å². The van der Waals surface area contributed by atoms with Crippen molar-refractivity contribution < 1.29 is 9.59 Å². The Morgan fingerprint density at radius 3 is 2.59 bits per heavy atom. The van der Waals surface area contributed by atoms with Crippen molar-refractivity contribution in [1.29, 1.82) is 0 Å². The molecule has 2 aromatic heterocycles. The number of hydrogen-bond donors (Lipinski definition) is 1. The van der Waals surface area contributed by atoms with Crippen LogP contribution in [0.1, 0.15) is 42.1 Å². The average Bonchev–Trinajstić information content (AvgIpc) is 3.31. The lowest BCUT2D eigenvalue weighted by atomic mass is 10.1. The summed E-state index contributed by atoms with van der Waals surface area (Å²) in [5.74, 6) is 0.440. The van der Waals surface area contributed by atoms with Gasteiger partial charge >= 0.3 is 5.69 Å². The summed E-state index contributed by atoms with van der Waals surface area (Å²) in [6.45, 7) is 0.596. The minimum absolute atomic E-state index is 0.0549. The Labute approximate surface area is 172 Å². The first-order valence-corrected chi connectivity index (χ1v) is 10.6. The van der Waals surface area contributed by atoms with E-state index >= 15 is 0 Å². The second kappa shape index (κ2) is 8.57. The molecule has 1 aliphatic carbocycles. The lowest BCUT2D eigenvalue weighted by Gasteiger charge is -2.05. The van der Waals surface area contributed by atoms with Crippen molar-refractivity contribution in [3.8, 4) is 10.7 Å². The molecule has 1 saturated carbocycles. The van der Waals surface area contributed by atoms with Crippen LogP contribution in [-0.4, -0.2) is 32.6 Å². The Morgan fingerprint density at radius 1 is 1.10 bits per heavy atom. The largest absolute Gasteiger partial charge is 0.354 e. The van der Waals surface area contributed by atoms with Gasteiger partial charge in [-0.1, -0.05) is 36.4 Å². The number of Topliss-reactive ketones (excluding diaryl/α,β-unsaturated/α-hetero) is 1. The summed E-state index contributed by atoms with van der Waals surface area (Å²) in [5, 5.41) is 9.24. The van der Waals surface area contributed by atoms with Crippen LogP contribution in [-0.2, 0) is 11.3 Å². The third kappa shape index (κ3) is 4.54. The van der Waals surface area contributed by atoms with E-state index in [2.05, 4.69) is 10.4 Å². The summed E-state index contributed by atoms with van der Waals surface area (Å²) in [7, 11) is 0. The fraction of sp³-hybridized carbons (Fsp3) is 0.333. The summed E-state index contributed by atoms with van der Waals surface area (Å²) in [6, 6.07) is 13.1. The third-order valence-corrected chi connectivity index (χ3v) is 5.71. The number of nitrogens with zero attached hydrogens (tertiary/aromatic N) is 3. The number of ketones is 1. The second-order valence-electron chi connectivity index (χ2n) is 7.05. The van der Waals surface area contributed by atoms with Gasteiger partial charge in [0.1, 0.15) is 0 Å². The van der Waals surface area contributed by atoms with Gasteiger partial charge in [0.2, 0.25) is 5.91 Å². The first-order valence-electron chi connectivity index (χ1n) is 9.71. The van der Waals surface area contributed by atoms with Crippen molar-refractivity contribution in [3.63, 3.8) is 0 Å². The molecule has 0 unspecified atom stereocenters. The van der Waals surface area contributed by atoms with E-state index in [1.54, 1.807) is 40.2 Å². The molecule has 1 aromatic carbocycles. The molecule has 0 saturated heterocycles. The van der Waals surface area contributed by atoms with Gasteiger partial charge in [-0.25, -0.2) is 9.48 Å². The van der Waals surface area contributed by atoms with E-state index in [4.69, 9.17) is 0 Å². The predicted octanol–water partition coefficient (Wildman–Crippen LogP) is 2.89. The highest BCUT2D eigenvalue weighted by atomic mass is 32.1. The highest BCUT2D eigenvalue weighted by Crippen LogP contribution is 2.37. The zero-order valence-electron chi connectivity index (χ0n) is 15.9. The van der Waals surface area contributed by atoms with E-state index in [9.17, 15) is 14.4 Å². The lowest BCUT2D eigenvalue weighted by molar-refractivity contribution is -0.121. The second-order valence-corrected chi connectivity index (χ2v) is 7.99. The van der Waals surface area contributed by atoms with Gasteiger partial charge in [0, 0.05) is 31.0 Å². The molecule has 150 valence electrons. The van der Waals surface area contributed by atoms with Crippen molar-refractivity contribution in [2.75, 3.05) is 6.54 Å². The SMILES string of the molecule is O=C(CCC(=O)c1ccccc1)NCCn1nc(-c2cccs2)n(C2CC2)c1=O. The van der Waals surface area contributed by atoms with Crippen LogP contribution < -0.4 is 11.0 Å². The number of thiophene rings is 1. The van der Waals surface area contributed by atoms with Crippen molar-refractivity contribution in [3.05, 3.63) is 63.9 Å². The van der Waals surface area contributed by atoms with Crippen LogP contribution in [0.5, 0.6) is 0 Å². The number of aromatic nitrogens is 3. The molecule has 1 fully saturated rings. The number of rotatable bonds is 9. The lowest BCUT2D eigenvalue weighted by Crippen LogP contribution is -2.32. The summed E-state index contributed by atoms with van der Waals surface area (Å²) in [6.07, 6.45) is 2.28. The van der Waals surface area contributed by atoms with E-state index in [-0.39, 0.29) is 36.3 Å². The molecule has 0 atom stereocenters. The normalized spacial score (nSPS) is 13.4. The quantitative estimate of drug-likeness (QED) is 0.550. The third-order valence-electron chi connectivity index (χ3n) is 4.84. The summed E-state index contributed by atoms with van der Waals surface area (Å²) >= 11 is 1.56. The Morgan fingerprint density at radius 2 is 1.90 bits per heavy atom. The van der Waals surface area contributed by atoms with Crippen molar-refractivity contribution in [2.24, 2.45) is 0 Å². The summed E-state index contributed by atoms with van der Waals surface area (Å²) < 4.78 is 3.19. The van der Waals surface area contributed by atoms with Crippen LogP contribution in [0.4, 0.5) is 0 Å². The molecule has 8 heteroatoms. The molecule has 1 N–H and O–H groups in total. The van der Waals surface area contributed by atoms with Crippen LogP contribution >= 0.6 is 11.3 Å². The first-order chi connectivity index (χ1) is 14.1. The number of amides is 1. The van der Waals surface area contributed by atoms with Gasteiger partial charge in [-0.2, -0.15) is 0 Å². The molecule has 0 bridgehead atoms. The molecule has 4 rings (SSSR count). The summed E-state index contributed by atoms with van der Waals surface area (Å²) in [4.78, 5) is 37.8. The standard InChI is InChI=1S/C21H22N4O3S/c26-17(15-5-2-1-3-6-15)10-11-19(27)22-12-13-24-21(28)25(16-8-9-16)20(23-24)18-7-4-14-29-18/h1-7,14,16H,8-13H2,(H,22,27). The highest BCUT2D eigenvalue weighted by Gasteiger charge is 2.30. The number of benzene rings is 1. The fourth-order valence-electron chi connectivity index (χ4n) is 3.19. The van der Waals surface area contributed by atoms with Gasteiger partial charge in [0.25, 0.3) is 0 Å². The van der Waals surface area contributed by atoms with Crippen LogP contribution in [0.2, 0.25) is 0 Å². The molecule has 3 aromatic rings. The zero-order valence-corrected chi connectivity index (χ0v) is 16.7. The van der Waals surface area contributed by atoms with E-state index in [1.165, 1.54) is 4.68 Å². The van der Waals surface area contributed by atoms with Crippen LogP contribution in [0.25, 0.3) is 10.7 Å². The van der Waals surface area contributed by atoms with Crippen molar-refractivity contribution >= 4 is 23.0 Å². The Balaban J connectivity index is 1.32. The van der Waals surface area contributed by atoms with E-state index in [0.29, 0.717) is 24.5 Å². The maximum Gasteiger partial charge on any atom is 0.346 e. The number of hydrogen-bond acceptors (Lipinski definition) is 5. The number of carbonyl (C=O) groups excluding carboxylic acids is 2. The van der Waals surface area contributed by atoms with Crippen LogP contribution in [0, 0.1) is 0 Å². The molecule has 0 aliphatic heterocycles. The molecule has 7 nitrogen and oxygen atoms in total. The number of nitrogens with one attached hydrogen (secondary N) is 1. The molecule has 0 radical (unpaired) electrons. The molecule has 0 spiro atoms. The molecule has 29 heavy (non-hydrogen) atoms. The monoisotopic (exact) mass is 410 g/mol. The van der Waals surface area contributed by atoms with Crippen molar-refractivity contribution in [1.82, 2.24) is 19.7 Å². The maximum absolute atomic E-state index is 12.7. The molecular weight excluding hydrogens is 388 g/mol. The van der Waals surface area contributed by atoms with Gasteiger partial charge in [-0.05, 0) is 24.3 Å². The Hall–Kier alpha value is -3.00. The van der Waals surface area contributed by atoms with Gasteiger partial charge < -0.3 is 5.32 Å². The molecule has 1 amide bonds. The maximum atomic E-state index is 12.7. The van der Waals surface area contributed by atoms with E-state index < -0.39 is 0 Å². The summed E-state index contributed by atoms with van der Waals surface area (Å²) in [5.41, 5.74) is 0.475. The van der Waals surface area contributed by atoms with Gasteiger partial charge in [-0.15, -0.1) is 16.4 Å². The topological polar surface area (TPSA) is 86.0 Å². The van der Waals surface area contributed by atoms with E-state index in [1.807, 2.05) is 23.6 Å². The van der Waals surface area contributed by atoms with Crippen LogP contribution in [0.15, 0.2) is 52.6 Å². The first kappa shape index (κ1) is 19.3. The van der Waals surface area contributed by atoms with Crippen LogP contribution in [0.3, 0.4) is 0 Å². The van der Waals surface area contributed by atoms with Gasteiger partial charge in [-0.3, -0.25) is 14.2 Å². The van der Waals surface area contributed by atoms with Gasteiger partial charge in [0.15, 0.2) is 11.6 Å². The fourth-order valence-corrected chi connectivity index (χ4v) is 3.89. The van der Waals surface area contributed by atoms with Gasteiger partial charge in [0.05, 0.1) is 11.4 Å². The molecule has 1 aliphatic rings. The Kier molecular flexibility index (Phi) is 5.71. The molecular formula is C21H22N4O3S. The molecule has 2 heterocycles. The number of carbonyl (C=O) groups is 2. The smallest absolute Gasteiger partial charge is 0.346 e.